The maximum Gasteiger partial charge on any atom is 0.258 e. The number of carboxylic acid groups (broad SMARTS) is 1. The van der Waals surface area contributed by atoms with Gasteiger partial charge >= 0.3 is 0 Å². The predicted molar refractivity (Wildman–Crippen MR) is 107 cm³/mol. The lowest BCUT2D eigenvalue weighted by Gasteiger charge is -2.13. The molecule has 2 aromatic carbocycles. The second-order valence-electron chi connectivity index (χ2n) is 6.82. The predicted octanol–water partition coefficient (Wildman–Crippen LogP) is 1.95. The van der Waals surface area contributed by atoms with Gasteiger partial charge in [0.2, 0.25) is 11.2 Å². The van der Waals surface area contributed by atoms with Crippen LogP contribution < -0.4 is 25.3 Å². The van der Waals surface area contributed by atoms with Crippen molar-refractivity contribution in [3.63, 3.8) is 0 Å². The van der Waals surface area contributed by atoms with Crippen LogP contribution in [0.1, 0.15) is 25.3 Å². The van der Waals surface area contributed by atoms with E-state index in [2.05, 4.69) is 5.32 Å². The monoisotopic (exact) mass is 410 g/mol. The van der Waals surface area contributed by atoms with E-state index in [1.165, 1.54) is 24.5 Å². The standard InChI is InChI=1S/C22H21NO7/c1-13(2)15-5-3-4-6-17(15)30-19-11-29-18-9-14(7-8-16(18)22(19)27)28-12-20(24)23-10-21(25)26/h3-9,11,13H,10,12H2,1-2H3,(H,23,24)(H,25,26)/p-1. The molecule has 156 valence electrons. The second kappa shape index (κ2) is 9.13. The fourth-order valence-corrected chi connectivity index (χ4v) is 2.79. The van der Waals surface area contributed by atoms with Gasteiger partial charge in [0.25, 0.3) is 5.91 Å². The summed E-state index contributed by atoms with van der Waals surface area (Å²) < 4.78 is 16.7. The highest BCUT2D eigenvalue weighted by atomic mass is 16.5. The first kappa shape index (κ1) is 20.9. The van der Waals surface area contributed by atoms with Gasteiger partial charge in [0.15, 0.2) is 6.61 Å². The number of carboxylic acids is 1. The topological polar surface area (TPSA) is 118 Å². The molecule has 0 spiro atoms. The minimum absolute atomic E-state index is 0.0610. The van der Waals surface area contributed by atoms with E-state index in [-0.39, 0.29) is 28.4 Å². The van der Waals surface area contributed by atoms with E-state index in [0.29, 0.717) is 11.1 Å². The highest BCUT2D eigenvalue weighted by Gasteiger charge is 2.13. The van der Waals surface area contributed by atoms with Gasteiger partial charge in [-0.2, -0.15) is 0 Å². The third-order valence-corrected chi connectivity index (χ3v) is 4.28. The Bertz CT molecular complexity index is 1130. The molecule has 0 saturated heterocycles. The van der Waals surface area contributed by atoms with Gasteiger partial charge in [-0.15, -0.1) is 0 Å². The van der Waals surface area contributed by atoms with Crippen molar-refractivity contribution < 1.29 is 28.6 Å². The van der Waals surface area contributed by atoms with Crippen LogP contribution in [0, 0.1) is 0 Å². The molecule has 8 heteroatoms. The number of ether oxygens (including phenoxy) is 2. The third-order valence-electron chi connectivity index (χ3n) is 4.28. The van der Waals surface area contributed by atoms with Crippen molar-refractivity contribution in [3.8, 4) is 17.2 Å². The number of fused-ring (bicyclic) bond motifs is 1. The third kappa shape index (κ3) is 4.96. The van der Waals surface area contributed by atoms with Crippen molar-refractivity contribution in [2.45, 2.75) is 19.8 Å². The van der Waals surface area contributed by atoms with Crippen molar-refractivity contribution in [3.05, 3.63) is 64.5 Å². The molecule has 0 radical (unpaired) electrons. The largest absolute Gasteiger partial charge is 0.548 e. The van der Waals surface area contributed by atoms with E-state index in [1.807, 2.05) is 32.0 Å². The first-order valence-electron chi connectivity index (χ1n) is 9.27. The highest BCUT2D eigenvalue weighted by Crippen LogP contribution is 2.30. The maximum atomic E-state index is 12.8. The van der Waals surface area contributed by atoms with Crippen LogP contribution >= 0.6 is 0 Å². The smallest absolute Gasteiger partial charge is 0.258 e. The molecular formula is C22H20NO7-. The molecular weight excluding hydrogens is 390 g/mol. The molecule has 0 fully saturated rings. The lowest BCUT2D eigenvalue weighted by Crippen LogP contribution is -2.39. The molecule has 8 nitrogen and oxygen atoms in total. The normalized spacial score (nSPS) is 10.8. The molecule has 0 aliphatic heterocycles. The van der Waals surface area contributed by atoms with Gasteiger partial charge in [0, 0.05) is 6.07 Å². The van der Waals surface area contributed by atoms with Gasteiger partial charge in [-0.3, -0.25) is 9.59 Å². The molecule has 1 heterocycles. The summed E-state index contributed by atoms with van der Waals surface area (Å²) in [5.74, 6) is -0.865. The number of carbonyl (C=O) groups excluding carboxylic acids is 2. The number of carbonyl (C=O) groups is 2. The Hall–Kier alpha value is -3.81. The van der Waals surface area contributed by atoms with E-state index in [0.717, 1.165) is 5.56 Å². The van der Waals surface area contributed by atoms with Crippen molar-refractivity contribution in [2.24, 2.45) is 0 Å². The molecule has 0 aliphatic rings. The van der Waals surface area contributed by atoms with E-state index in [9.17, 15) is 19.5 Å². The molecule has 1 amide bonds. The van der Waals surface area contributed by atoms with Crippen LogP contribution in [0.25, 0.3) is 11.0 Å². The highest BCUT2D eigenvalue weighted by molar-refractivity contribution is 5.82. The summed E-state index contributed by atoms with van der Waals surface area (Å²) in [5.41, 5.74) is 0.892. The van der Waals surface area contributed by atoms with E-state index in [1.54, 1.807) is 6.07 Å². The van der Waals surface area contributed by atoms with Crippen LogP contribution in [0.2, 0.25) is 0 Å². The van der Waals surface area contributed by atoms with E-state index >= 15 is 0 Å². The lowest BCUT2D eigenvalue weighted by molar-refractivity contribution is -0.304. The first-order chi connectivity index (χ1) is 14.3. The Morgan fingerprint density at radius 3 is 2.63 bits per heavy atom. The molecule has 0 aliphatic carbocycles. The molecule has 3 aromatic rings. The second-order valence-corrected chi connectivity index (χ2v) is 6.82. The number of amides is 1. The SMILES string of the molecule is CC(C)c1ccccc1Oc1coc2cc(OCC(=O)NCC(=O)[O-])ccc2c1=O. The summed E-state index contributed by atoms with van der Waals surface area (Å²) in [6, 6.07) is 12.0. The molecule has 30 heavy (non-hydrogen) atoms. The van der Waals surface area contributed by atoms with Gasteiger partial charge in [-0.1, -0.05) is 32.0 Å². The van der Waals surface area contributed by atoms with Crippen LogP contribution in [-0.2, 0) is 9.59 Å². The zero-order valence-electron chi connectivity index (χ0n) is 16.5. The molecule has 3 rings (SSSR count). The first-order valence-corrected chi connectivity index (χ1v) is 9.27. The Labute approximate surface area is 172 Å². The average Bonchev–Trinajstić information content (AvgIpc) is 2.73. The van der Waals surface area contributed by atoms with Gasteiger partial charge < -0.3 is 29.1 Å². The zero-order valence-corrected chi connectivity index (χ0v) is 16.5. The summed E-state index contributed by atoms with van der Waals surface area (Å²) in [5, 5.41) is 12.8. The van der Waals surface area contributed by atoms with Crippen molar-refractivity contribution >= 4 is 22.8 Å². The molecule has 0 bridgehead atoms. The Morgan fingerprint density at radius 1 is 1.13 bits per heavy atom. The maximum absolute atomic E-state index is 12.8. The van der Waals surface area contributed by atoms with Crippen LogP contribution in [0.15, 0.2) is 57.9 Å². The molecule has 0 saturated carbocycles. The van der Waals surface area contributed by atoms with Gasteiger partial charge in [-0.05, 0) is 29.7 Å². The number of aliphatic carboxylic acids is 1. The van der Waals surface area contributed by atoms with Crippen molar-refractivity contribution in [1.29, 1.82) is 0 Å². The fourth-order valence-electron chi connectivity index (χ4n) is 2.79. The number of nitrogens with one attached hydrogen (secondary N) is 1. The Morgan fingerprint density at radius 2 is 1.90 bits per heavy atom. The molecule has 0 unspecified atom stereocenters. The molecule has 1 N–H and O–H groups in total. The van der Waals surface area contributed by atoms with Crippen molar-refractivity contribution in [1.82, 2.24) is 5.32 Å². The van der Waals surface area contributed by atoms with Crippen LogP contribution in [-0.4, -0.2) is 25.0 Å². The fraction of sp³-hybridized carbons (Fsp3) is 0.227. The van der Waals surface area contributed by atoms with Crippen LogP contribution in [0.3, 0.4) is 0 Å². The quantitative estimate of drug-likeness (QED) is 0.603. The van der Waals surface area contributed by atoms with Crippen LogP contribution in [0.4, 0.5) is 0 Å². The molecule has 1 aromatic heterocycles. The summed E-state index contributed by atoms with van der Waals surface area (Å²) in [7, 11) is 0. The zero-order chi connectivity index (χ0) is 21.7. The summed E-state index contributed by atoms with van der Waals surface area (Å²) >= 11 is 0. The van der Waals surface area contributed by atoms with Crippen molar-refractivity contribution in [2.75, 3.05) is 13.2 Å². The number of benzene rings is 2. The summed E-state index contributed by atoms with van der Waals surface area (Å²) in [6.45, 7) is 3.07. The van der Waals surface area contributed by atoms with Gasteiger partial charge in [-0.25, -0.2) is 0 Å². The van der Waals surface area contributed by atoms with Crippen LogP contribution in [0.5, 0.6) is 17.2 Å². The minimum Gasteiger partial charge on any atom is -0.548 e. The average molecular weight is 410 g/mol. The molecule has 0 atom stereocenters. The number of hydrogen-bond acceptors (Lipinski definition) is 7. The lowest BCUT2D eigenvalue weighted by atomic mass is 10.0. The van der Waals surface area contributed by atoms with E-state index < -0.39 is 25.0 Å². The van der Waals surface area contributed by atoms with Gasteiger partial charge in [0.1, 0.15) is 23.3 Å². The number of rotatable bonds is 8. The minimum atomic E-state index is -1.40. The Kier molecular flexibility index (Phi) is 6.36. The summed E-state index contributed by atoms with van der Waals surface area (Å²) in [6.07, 6.45) is 1.23. The van der Waals surface area contributed by atoms with Gasteiger partial charge in [0.05, 0.1) is 17.9 Å². The Balaban J connectivity index is 1.78. The number of hydrogen-bond donors (Lipinski definition) is 1. The summed E-state index contributed by atoms with van der Waals surface area (Å²) in [4.78, 5) is 34.6. The van der Waals surface area contributed by atoms with E-state index in [4.69, 9.17) is 13.9 Å². The number of para-hydroxylation sites is 1.